The fourth-order valence-electron chi connectivity index (χ4n) is 2.93. The minimum atomic E-state index is -1.31. The van der Waals surface area contributed by atoms with Crippen molar-refractivity contribution in [2.75, 3.05) is 6.61 Å². The predicted molar refractivity (Wildman–Crippen MR) is 92.7 cm³/mol. The highest BCUT2D eigenvalue weighted by Crippen LogP contribution is 2.28. The Morgan fingerprint density at radius 3 is 2.56 bits per heavy atom. The molecule has 27 heavy (non-hydrogen) atoms. The molecule has 0 spiro atoms. The molecule has 5 N–H and O–H groups in total. The van der Waals surface area contributed by atoms with Gasteiger partial charge in [0.1, 0.15) is 24.3 Å². The normalized spacial score (nSPS) is 26.0. The molecule has 1 aliphatic heterocycles. The Labute approximate surface area is 154 Å². The van der Waals surface area contributed by atoms with Gasteiger partial charge in [0, 0.05) is 19.2 Å². The van der Waals surface area contributed by atoms with Crippen molar-refractivity contribution < 1.29 is 24.5 Å². The minimum absolute atomic E-state index is 0.240. The van der Waals surface area contributed by atoms with E-state index in [1.54, 1.807) is 13.8 Å². The molecule has 11 heteroatoms. The minimum Gasteiger partial charge on any atom is -0.394 e. The average molecular weight is 384 g/mol. The molecule has 0 aromatic carbocycles. The summed E-state index contributed by atoms with van der Waals surface area (Å²) >= 11 is 0. The number of aromatic nitrogens is 2. The third-order valence-electron chi connectivity index (χ3n) is 4.29. The van der Waals surface area contributed by atoms with Crippen LogP contribution in [0.25, 0.3) is 0 Å². The Hall–Kier alpha value is -2.50. The van der Waals surface area contributed by atoms with E-state index < -0.39 is 60.2 Å². The first-order valence-electron chi connectivity index (χ1n) is 8.49. The van der Waals surface area contributed by atoms with Crippen LogP contribution >= 0.6 is 0 Å². The Bertz CT molecular complexity index is 802. The second-order valence-corrected chi connectivity index (χ2v) is 6.71. The van der Waals surface area contributed by atoms with E-state index in [1.807, 2.05) is 0 Å². The van der Waals surface area contributed by atoms with Crippen molar-refractivity contribution in [3.05, 3.63) is 33.1 Å². The van der Waals surface area contributed by atoms with E-state index in [2.05, 4.69) is 15.6 Å². The number of nitrogens with one attached hydrogen (secondary N) is 3. The van der Waals surface area contributed by atoms with E-state index in [9.17, 15) is 29.4 Å². The van der Waals surface area contributed by atoms with Gasteiger partial charge in [-0.25, -0.2) is 4.79 Å². The first-order chi connectivity index (χ1) is 12.6. The topological polar surface area (TPSA) is 163 Å². The average Bonchev–Trinajstić information content (AvgIpc) is 2.88. The number of aromatic amines is 1. The standard InChI is InChI=1S/C16H24N4O7/c1-7(2)11(17-8(3)22)14(25)19-12-13(24)9(6-21)27-15(12)20-5-4-10(23)18-16(20)26/h4-5,7,9,11-13,15,21,24H,6H2,1-3H3,(H,17,22)(H,19,25)(H,18,23,26)/t9-,11+,12-,13-,15-/m1/s1. The second kappa shape index (κ2) is 8.46. The highest BCUT2D eigenvalue weighted by atomic mass is 16.5. The van der Waals surface area contributed by atoms with Crippen LogP contribution < -0.4 is 21.9 Å². The number of aliphatic hydroxyl groups is 2. The number of nitrogens with zero attached hydrogens (tertiary/aromatic N) is 1. The van der Waals surface area contributed by atoms with E-state index in [0.717, 1.165) is 10.6 Å². The van der Waals surface area contributed by atoms with Crippen LogP contribution in [0, 0.1) is 5.92 Å². The van der Waals surface area contributed by atoms with Crippen LogP contribution in [0.4, 0.5) is 0 Å². The van der Waals surface area contributed by atoms with Gasteiger partial charge in [-0.05, 0) is 5.92 Å². The van der Waals surface area contributed by atoms with Crippen LogP contribution in [0.2, 0.25) is 0 Å². The smallest absolute Gasteiger partial charge is 0.330 e. The van der Waals surface area contributed by atoms with Gasteiger partial charge in [0.05, 0.1) is 6.61 Å². The molecular formula is C16H24N4O7. The predicted octanol–water partition coefficient (Wildman–Crippen LogP) is -2.57. The number of amides is 2. The zero-order chi connectivity index (χ0) is 20.3. The zero-order valence-corrected chi connectivity index (χ0v) is 15.2. The van der Waals surface area contributed by atoms with Crippen LogP contribution in [0.15, 0.2) is 21.9 Å². The van der Waals surface area contributed by atoms with Crippen molar-refractivity contribution in [1.29, 1.82) is 0 Å². The van der Waals surface area contributed by atoms with Crippen molar-refractivity contribution in [2.45, 2.75) is 51.3 Å². The molecule has 2 heterocycles. The van der Waals surface area contributed by atoms with Crippen molar-refractivity contribution in [2.24, 2.45) is 5.92 Å². The number of hydrogen-bond donors (Lipinski definition) is 5. The maximum absolute atomic E-state index is 12.6. The fraction of sp³-hybridized carbons (Fsp3) is 0.625. The summed E-state index contributed by atoms with van der Waals surface area (Å²) in [5, 5.41) is 24.9. The first kappa shape index (κ1) is 20.8. The van der Waals surface area contributed by atoms with E-state index in [0.29, 0.717) is 0 Å². The number of hydrogen-bond acceptors (Lipinski definition) is 7. The Balaban J connectivity index is 2.32. The van der Waals surface area contributed by atoms with Gasteiger partial charge in [-0.3, -0.25) is 23.9 Å². The van der Waals surface area contributed by atoms with Gasteiger partial charge in [-0.2, -0.15) is 0 Å². The molecule has 0 radical (unpaired) electrons. The molecule has 1 aromatic rings. The summed E-state index contributed by atoms with van der Waals surface area (Å²) in [4.78, 5) is 49.4. The van der Waals surface area contributed by atoms with Crippen molar-refractivity contribution in [3.8, 4) is 0 Å². The second-order valence-electron chi connectivity index (χ2n) is 6.71. The van der Waals surface area contributed by atoms with Gasteiger partial charge in [-0.1, -0.05) is 13.8 Å². The van der Waals surface area contributed by atoms with Gasteiger partial charge in [0.2, 0.25) is 11.8 Å². The van der Waals surface area contributed by atoms with Gasteiger partial charge in [-0.15, -0.1) is 0 Å². The van der Waals surface area contributed by atoms with Gasteiger partial charge in [0.15, 0.2) is 6.23 Å². The number of rotatable bonds is 6. The van der Waals surface area contributed by atoms with E-state index >= 15 is 0 Å². The summed E-state index contributed by atoms with van der Waals surface area (Å²) in [5.74, 6) is -1.21. The van der Waals surface area contributed by atoms with Gasteiger partial charge in [0.25, 0.3) is 5.56 Å². The maximum Gasteiger partial charge on any atom is 0.330 e. The molecular weight excluding hydrogens is 360 g/mol. The lowest BCUT2D eigenvalue weighted by molar-refractivity contribution is -0.130. The molecule has 0 saturated carbocycles. The summed E-state index contributed by atoms with van der Waals surface area (Å²) < 4.78 is 6.51. The van der Waals surface area contributed by atoms with E-state index in [4.69, 9.17) is 4.74 Å². The third-order valence-corrected chi connectivity index (χ3v) is 4.29. The number of H-pyrrole nitrogens is 1. The molecule has 0 bridgehead atoms. The summed E-state index contributed by atoms with van der Waals surface area (Å²) in [7, 11) is 0. The molecule has 2 rings (SSSR count). The summed E-state index contributed by atoms with van der Waals surface area (Å²) in [6.45, 7) is 4.21. The molecule has 150 valence electrons. The molecule has 11 nitrogen and oxygen atoms in total. The van der Waals surface area contributed by atoms with Crippen molar-refractivity contribution >= 4 is 11.8 Å². The molecule has 5 atom stereocenters. The largest absolute Gasteiger partial charge is 0.394 e. The third kappa shape index (κ3) is 4.62. The Morgan fingerprint density at radius 1 is 1.37 bits per heavy atom. The quantitative estimate of drug-likeness (QED) is 0.360. The molecule has 2 amide bonds. The molecule has 1 aromatic heterocycles. The van der Waals surface area contributed by atoms with E-state index in [-0.39, 0.29) is 5.92 Å². The van der Waals surface area contributed by atoms with Crippen molar-refractivity contribution in [1.82, 2.24) is 20.2 Å². The highest BCUT2D eigenvalue weighted by molar-refractivity contribution is 5.87. The molecule has 1 fully saturated rings. The molecule has 1 aliphatic rings. The lowest BCUT2D eigenvalue weighted by Crippen LogP contribution is -2.56. The van der Waals surface area contributed by atoms with Crippen LogP contribution in [0.5, 0.6) is 0 Å². The van der Waals surface area contributed by atoms with Gasteiger partial charge >= 0.3 is 5.69 Å². The first-order valence-corrected chi connectivity index (χ1v) is 8.49. The molecule has 0 aliphatic carbocycles. The zero-order valence-electron chi connectivity index (χ0n) is 15.2. The SMILES string of the molecule is CC(=O)N[C@H](C(=O)N[C@@H]1[C@H](O)[C@@H](CO)O[C@H]1n1ccc(=O)[nH]c1=O)C(C)C. The molecule has 0 unspecified atom stereocenters. The van der Waals surface area contributed by atoms with E-state index in [1.165, 1.54) is 13.1 Å². The number of ether oxygens (including phenoxy) is 1. The van der Waals surface area contributed by atoms with Gasteiger partial charge < -0.3 is 25.6 Å². The number of carbonyl (C=O) groups excluding carboxylic acids is 2. The molecule has 1 saturated heterocycles. The maximum atomic E-state index is 12.6. The summed E-state index contributed by atoms with van der Waals surface area (Å²) in [6, 6.07) is -0.861. The fourth-order valence-corrected chi connectivity index (χ4v) is 2.93. The lowest BCUT2D eigenvalue weighted by Gasteiger charge is -2.27. The lowest BCUT2D eigenvalue weighted by atomic mass is 10.0. The van der Waals surface area contributed by atoms with Crippen LogP contribution in [-0.2, 0) is 14.3 Å². The van der Waals surface area contributed by atoms with Crippen molar-refractivity contribution in [3.63, 3.8) is 0 Å². The van der Waals surface area contributed by atoms with Crippen LogP contribution in [0.3, 0.4) is 0 Å². The summed E-state index contributed by atoms with van der Waals surface area (Å²) in [5.41, 5.74) is -1.40. The summed E-state index contributed by atoms with van der Waals surface area (Å²) in [6.07, 6.45) is -2.34. The number of aliphatic hydroxyl groups excluding tert-OH is 2. The monoisotopic (exact) mass is 384 g/mol. The highest BCUT2D eigenvalue weighted by Gasteiger charge is 2.46. The van der Waals surface area contributed by atoms with Crippen LogP contribution in [-0.4, -0.2) is 62.5 Å². The Morgan fingerprint density at radius 2 is 2.04 bits per heavy atom. The number of carbonyl (C=O) groups is 2. The van der Waals surface area contributed by atoms with Crippen LogP contribution in [0.1, 0.15) is 27.0 Å². The Kier molecular flexibility index (Phi) is 6.52.